The topological polar surface area (TPSA) is 119 Å². The van der Waals surface area contributed by atoms with Crippen molar-refractivity contribution in [3.05, 3.63) is 46.8 Å². The number of allylic oxidation sites excluding steroid dienone is 1. The molecule has 2 N–H and O–H groups in total. The largest absolute Gasteiger partial charge is 0.481 e. The van der Waals surface area contributed by atoms with E-state index in [0.29, 0.717) is 31.3 Å². The van der Waals surface area contributed by atoms with E-state index in [4.69, 9.17) is 9.47 Å². The molecule has 4 fully saturated rings. The lowest BCUT2D eigenvalue weighted by Gasteiger charge is -2.72. The predicted molar refractivity (Wildman–Crippen MR) is 209 cm³/mol. The smallest absolute Gasteiger partial charge is 0.309 e. The molecule has 0 aliphatic heterocycles. The Hall–Kier alpha value is -3.07. The van der Waals surface area contributed by atoms with Crippen LogP contribution in [0, 0.1) is 62.0 Å². The summed E-state index contributed by atoms with van der Waals surface area (Å²) in [6.07, 6.45) is 6.88. The zero-order valence-electron chi connectivity index (χ0n) is 35.0. The minimum Gasteiger partial charge on any atom is -0.481 e. The summed E-state index contributed by atoms with van der Waals surface area (Å²) < 4.78 is 26.0. The highest BCUT2D eigenvalue weighted by Gasteiger charge is 2.71. The van der Waals surface area contributed by atoms with Crippen molar-refractivity contribution in [2.75, 3.05) is 6.54 Å². The molecule has 0 saturated heterocycles. The Bertz CT molecular complexity index is 1730. The fourth-order valence-corrected chi connectivity index (χ4v) is 13.4. The fourth-order valence-electron chi connectivity index (χ4n) is 13.4. The van der Waals surface area contributed by atoms with E-state index in [1.807, 2.05) is 0 Å². The van der Waals surface area contributed by atoms with Crippen LogP contribution >= 0.6 is 0 Å². The summed E-state index contributed by atoms with van der Waals surface area (Å²) in [5.41, 5.74) is 1.04. The zero-order chi connectivity index (χ0) is 40.5. The number of hydrogen-bond acceptors (Lipinski definition) is 7. The van der Waals surface area contributed by atoms with E-state index in [1.165, 1.54) is 24.6 Å². The highest BCUT2D eigenvalue weighted by Crippen LogP contribution is 2.77. The maximum atomic E-state index is 14.3. The maximum absolute atomic E-state index is 14.3. The van der Waals surface area contributed by atoms with Gasteiger partial charge in [0, 0.05) is 37.3 Å². The van der Waals surface area contributed by atoms with Crippen molar-refractivity contribution >= 4 is 23.7 Å². The van der Waals surface area contributed by atoms with Gasteiger partial charge in [-0.15, -0.1) is 0 Å². The van der Waals surface area contributed by atoms with E-state index in [9.17, 15) is 28.7 Å². The first kappa shape index (κ1) is 41.6. The summed E-state index contributed by atoms with van der Waals surface area (Å²) in [5, 5.41) is 13.1. The van der Waals surface area contributed by atoms with Gasteiger partial charge in [0.2, 0.25) is 0 Å². The van der Waals surface area contributed by atoms with E-state index in [0.717, 1.165) is 62.5 Å². The predicted octanol–water partition coefficient (Wildman–Crippen LogP) is 9.24. The first-order valence-electron chi connectivity index (χ1n) is 20.9. The highest BCUT2D eigenvalue weighted by molar-refractivity contribution is 6.01. The maximum Gasteiger partial charge on any atom is 0.309 e. The first-order valence-corrected chi connectivity index (χ1v) is 20.9. The van der Waals surface area contributed by atoms with Crippen LogP contribution in [0.2, 0.25) is 0 Å². The molecule has 0 bridgehead atoms. The van der Waals surface area contributed by atoms with E-state index >= 15 is 0 Å². The molecule has 9 heteroatoms. The summed E-state index contributed by atoms with van der Waals surface area (Å²) in [4.78, 5) is 51.9. The number of ketones is 1. The number of hydrogen-bond donors (Lipinski definition) is 2. The Morgan fingerprint density at radius 1 is 0.927 bits per heavy atom. The Morgan fingerprint density at radius 3 is 2.22 bits per heavy atom. The van der Waals surface area contributed by atoms with Crippen molar-refractivity contribution in [2.24, 2.45) is 56.2 Å². The number of carbonyl (C=O) groups is 4. The summed E-state index contributed by atoms with van der Waals surface area (Å²) in [5.74, 6) is -0.879. The lowest BCUT2D eigenvalue weighted by molar-refractivity contribution is -0.235. The van der Waals surface area contributed by atoms with E-state index in [2.05, 4.69) is 53.8 Å². The second-order valence-corrected chi connectivity index (χ2v) is 20.4. The number of benzene rings is 1. The molecule has 0 unspecified atom stereocenters. The standard InChI is InChI=1S/C46H66FNO7/c1-27(2)38-32(50)23-46(36(54-28(3)49)26-48-25-29-11-13-30(47)14-12-29)22-21-44(9)31(39(38)46)15-16-34-43(8)19-18-35(55-37(51)24-41(4,5)40(52)53)42(6,7)33(43)17-20-45(34,44)10/h11-14,27,31,33-36,48H,15-26H2,1-10H3,(H,52,53)/t31-,33+,34-,35+,36-,43+,44-,45-,46+/m1/s1. The second kappa shape index (κ2) is 14.4. The molecule has 0 aromatic heterocycles. The molecular formula is C46H66FNO7. The van der Waals surface area contributed by atoms with Gasteiger partial charge >= 0.3 is 17.9 Å². The summed E-state index contributed by atoms with van der Waals surface area (Å²) >= 11 is 0. The van der Waals surface area contributed by atoms with Gasteiger partial charge in [0.15, 0.2) is 5.78 Å². The van der Waals surface area contributed by atoms with Crippen molar-refractivity contribution in [3.8, 4) is 0 Å². The Balaban J connectivity index is 1.30. The zero-order valence-corrected chi connectivity index (χ0v) is 35.0. The highest BCUT2D eigenvalue weighted by atomic mass is 19.1. The minimum atomic E-state index is -1.18. The van der Waals surface area contributed by atoms with Crippen molar-refractivity contribution < 1.29 is 38.1 Å². The average Bonchev–Trinajstić information content (AvgIpc) is 3.39. The number of ether oxygens (including phenoxy) is 2. The molecule has 5 aliphatic rings. The van der Waals surface area contributed by atoms with Crippen LogP contribution in [0.3, 0.4) is 0 Å². The molecule has 0 spiro atoms. The number of carboxylic acids is 1. The number of fused-ring (bicyclic) bond motifs is 7. The van der Waals surface area contributed by atoms with Gasteiger partial charge in [-0.25, -0.2) is 4.39 Å². The number of halogens is 1. The molecule has 6 rings (SSSR count). The van der Waals surface area contributed by atoms with Crippen LogP contribution in [-0.4, -0.2) is 47.6 Å². The van der Waals surface area contributed by atoms with Crippen LogP contribution in [-0.2, 0) is 35.2 Å². The molecule has 0 radical (unpaired) electrons. The molecule has 304 valence electrons. The number of Topliss-reactive ketones (excluding diaryl/α,β-unsaturated/α-hetero) is 1. The normalized spacial score (nSPS) is 36.0. The Morgan fingerprint density at radius 2 is 1.60 bits per heavy atom. The van der Waals surface area contributed by atoms with Gasteiger partial charge in [-0.1, -0.05) is 60.6 Å². The average molecular weight is 764 g/mol. The summed E-state index contributed by atoms with van der Waals surface area (Å²) in [6, 6.07) is 6.41. The third kappa shape index (κ3) is 6.80. The number of esters is 2. The SMILES string of the molecule is CC(=O)O[C@H](CNCc1ccc(F)cc1)[C@@]12CC[C@]3(C)[C@H](CC[C@@H]4[C@@]5(C)CC[C@H](OC(=O)CC(C)(C)C(=O)O)C(C)(C)[C@@H]5CC[C@]43C)C1=C(C(C)C)C(=O)C2. The van der Waals surface area contributed by atoms with Gasteiger partial charge in [-0.05, 0) is 134 Å². The molecular weight excluding hydrogens is 698 g/mol. The number of carboxylic acid groups (broad SMARTS) is 1. The van der Waals surface area contributed by atoms with Crippen LogP contribution in [0.5, 0.6) is 0 Å². The van der Waals surface area contributed by atoms with Crippen LogP contribution in [0.1, 0.15) is 139 Å². The molecule has 8 nitrogen and oxygen atoms in total. The molecule has 1 aromatic carbocycles. The molecule has 0 heterocycles. The third-order valence-corrected chi connectivity index (χ3v) is 16.4. The van der Waals surface area contributed by atoms with Crippen molar-refractivity contribution in [2.45, 2.75) is 152 Å². The molecule has 4 saturated carbocycles. The van der Waals surface area contributed by atoms with Gasteiger partial charge in [-0.3, -0.25) is 19.2 Å². The van der Waals surface area contributed by atoms with Crippen molar-refractivity contribution in [1.82, 2.24) is 5.32 Å². The van der Waals surface area contributed by atoms with E-state index in [-0.39, 0.29) is 63.6 Å². The number of nitrogens with one attached hydrogen (secondary N) is 1. The minimum absolute atomic E-state index is 0.00305. The van der Waals surface area contributed by atoms with Gasteiger partial charge in [0.25, 0.3) is 0 Å². The summed E-state index contributed by atoms with van der Waals surface area (Å²) in [7, 11) is 0. The van der Waals surface area contributed by atoms with Crippen LogP contribution in [0.15, 0.2) is 35.4 Å². The van der Waals surface area contributed by atoms with Gasteiger partial charge in [-0.2, -0.15) is 0 Å². The first-order chi connectivity index (χ1) is 25.5. The number of rotatable bonds is 11. The molecule has 9 atom stereocenters. The van der Waals surface area contributed by atoms with Gasteiger partial charge < -0.3 is 19.9 Å². The van der Waals surface area contributed by atoms with E-state index < -0.39 is 28.9 Å². The third-order valence-electron chi connectivity index (χ3n) is 16.4. The van der Waals surface area contributed by atoms with E-state index in [1.54, 1.807) is 26.0 Å². The Labute approximate surface area is 328 Å². The molecule has 55 heavy (non-hydrogen) atoms. The number of carbonyl (C=O) groups excluding carboxylic acids is 3. The van der Waals surface area contributed by atoms with Crippen LogP contribution in [0.4, 0.5) is 4.39 Å². The van der Waals surface area contributed by atoms with Crippen LogP contribution in [0.25, 0.3) is 0 Å². The van der Waals surface area contributed by atoms with Gasteiger partial charge in [0.05, 0.1) is 11.8 Å². The lowest BCUT2D eigenvalue weighted by Crippen LogP contribution is -2.66. The lowest BCUT2D eigenvalue weighted by atomic mass is 9.33. The van der Waals surface area contributed by atoms with Gasteiger partial charge in [0.1, 0.15) is 18.0 Å². The van der Waals surface area contributed by atoms with Crippen molar-refractivity contribution in [3.63, 3.8) is 0 Å². The Kier molecular flexibility index (Phi) is 10.9. The molecule has 1 aromatic rings. The molecule has 5 aliphatic carbocycles. The monoisotopic (exact) mass is 763 g/mol. The van der Waals surface area contributed by atoms with Crippen molar-refractivity contribution in [1.29, 1.82) is 0 Å². The number of aliphatic carboxylic acids is 1. The second-order valence-electron chi connectivity index (χ2n) is 20.4. The fraction of sp³-hybridized carbons (Fsp3) is 0.739. The summed E-state index contributed by atoms with van der Waals surface area (Å²) in [6.45, 7) is 21.8. The quantitative estimate of drug-likeness (QED) is 0.214. The molecule has 0 amide bonds. The van der Waals surface area contributed by atoms with Crippen LogP contribution < -0.4 is 5.32 Å².